The molecule has 1 amide bonds. The predicted molar refractivity (Wildman–Crippen MR) is 123 cm³/mol. The molecular formula is C23H23ClN2O4S. The monoisotopic (exact) mass is 458 g/mol. The first-order valence-corrected chi connectivity index (χ1v) is 11.4. The normalized spacial score (nSPS) is 12.1. The van der Waals surface area contributed by atoms with Gasteiger partial charge in [0, 0.05) is 10.7 Å². The third-order valence-electron chi connectivity index (χ3n) is 4.63. The molecule has 0 saturated carbocycles. The van der Waals surface area contributed by atoms with E-state index in [2.05, 4.69) is 10.0 Å². The van der Waals surface area contributed by atoms with Gasteiger partial charge in [-0.05, 0) is 74.4 Å². The molecule has 0 aliphatic rings. The molecule has 0 fully saturated rings. The fraction of sp³-hybridized carbons (Fsp3) is 0.174. The molecule has 0 aliphatic carbocycles. The van der Waals surface area contributed by atoms with Crippen molar-refractivity contribution in [2.75, 3.05) is 10.0 Å². The van der Waals surface area contributed by atoms with Crippen LogP contribution in [0.3, 0.4) is 0 Å². The van der Waals surface area contributed by atoms with E-state index in [1.807, 2.05) is 32.0 Å². The maximum absolute atomic E-state index is 12.7. The van der Waals surface area contributed by atoms with Gasteiger partial charge in [0.25, 0.3) is 15.9 Å². The molecule has 0 aromatic heterocycles. The predicted octanol–water partition coefficient (Wildman–Crippen LogP) is 5.16. The summed E-state index contributed by atoms with van der Waals surface area (Å²) in [5, 5.41) is 3.22. The highest BCUT2D eigenvalue weighted by Crippen LogP contribution is 2.24. The summed E-state index contributed by atoms with van der Waals surface area (Å²) >= 11 is 5.92. The number of rotatable bonds is 7. The van der Waals surface area contributed by atoms with Gasteiger partial charge in [-0.1, -0.05) is 35.9 Å². The number of amides is 1. The number of hydrogen-bond acceptors (Lipinski definition) is 4. The molecule has 6 nitrogen and oxygen atoms in total. The third-order valence-corrected chi connectivity index (χ3v) is 6.23. The molecule has 3 aromatic rings. The highest BCUT2D eigenvalue weighted by atomic mass is 35.5. The minimum atomic E-state index is -3.76. The number of ether oxygens (including phenoxy) is 1. The van der Waals surface area contributed by atoms with Gasteiger partial charge in [-0.25, -0.2) is 8.42 Å². The summed E-state index contributed by atoms with van der Waals surface area (Å²) in [5.74, 6) is 0.110. The molecule has 0 unspecified atom stereocenters. The zero-order chi connectivity index (χ0) is 22.6. The summed E-state index contributed by atoms with van der Waals surface area (Å²) in [6.07, 6.45) is -0.771. The molecule has 0 aliphatic heterocycles. The number of anilines is 2. The summed E-state index contributed by atoms with van der Waals surface area (Å²) in [6, 6.07) is 18.3. The van der Waals surface area contributed by atoms with E-state index in [0.29, 0.717) is 22.1 Å². The summed E-state index contributed by atoms with van der Waals surface area (Å²) in [4.78, 5) is 12.5. The van der Waals surface area contributed by atoms with Gasteiger partial charge >= 0.3 is 0 Å². The van der Waals surface area contributed by atoms with Crippen LogP contribution in [-0.4, -0.2) is 20.4 Å². The number of hydrogen-bond donors (Lipinski definition) is 2. The second-order valence-electron chi connectivity index (χ2n) is 7.10. The van der Waals surface area contributed by atoms with E-state index in [-0.39, 0.29) is 10.8 Å². The molecule has 0 bridgehead atoms. The van der Waals surface area contributed by atoms with Crippen LogP contribution in [0.5, 0.6) is 5.75 Å². The summed E-state index contributed by atoms with van der Waals surface area (Å²) in [5.41, 5.74) is 2.69. The van der Waals surface area contributed by atoms with Crippen LogP contribution in [0.1, 0.15) is 18.1 Å². The van der Waals surface area contributed by atoms with Crippen LogP contribution in [0.2, 0.25) is 5.02 Å². The average molecular weight is 459 g/mol. The second kappa shape index (κ2) is 9.41. The van der Waals surface area contributed by atoms with Gasteiger partial charge in [-0.2, -0.15) is 0 Å². The number of carbonyl (C=O) groups is 1. The molecule has 162 valence electrons. The van der Waals surface area contributed by atoms with Crippen LogP contribution >= 0.6 is 11.6 Å². The maximum Gasteiger partial charge on any atom is 0.265 e. The Bertz CT molecular complexity index is 1170. The van der Waals surface area contributed by atoms with Crippen LogP contribution in [-0.2, 0) is 14.8 Å². The molecular weight excluding hydrogens is 436 g/mol. The zero-order valence-corrected chi connectivity index (χ0v) is 18.9. The molecule has 8 heteroatoms. The van der Waals surface area contributed by atoms with Crippen molar-refractivity contribution >= 4 is 38.9 Å². The second-order valence-corrected chi connectivity index (χ2v) is 9.22. The van der Waals surface area contributed by atoms with E-state index in [0.717, 1.165) is 11.1 Å². The van der Waals surface area contributed by atoms with Gasteiger partial charge < -0.3 is 10.1 Å². The van der Waals surface area contributed by atoms with Gasteiger partial charge in [-0.3, -0.25) is 9.52 Å². The van der Waals surface area contributed by atoms with Crippen LogP contribution in [0, 0.1) is 13.8 Å². The van der Waals surface area contributed by atoms with Gasteiger partial charge in [0.15, 0.2) is 6.10 Å². The molecule has 0 spiro atoms. The van der Waals surface area contributed by atoms with Crippen molar-refractivity contribution in [3.63, 3.8) is 0 Å². The first kappa shape index (κ1) is 22.7. The fourth-order valence-electron chi connectivity index (χ4n) is 2.93. The fourth-order valence-corrected chi connectivity index (χ4v) is 4.31. The Morgan fingerprint density at radius 1 is 0.968 bits per heavy atom. The minimum absolute atomic E-state index is 0.0939. The van der Waals surface area contributed by atoms with Crippen molar-refractivity contribution in [1.82, 2.24) is 0 Å². The van der Waals surface area contributed by atoms with Crippen molar-refractivity contribution in [3.8, 4) is 5.75 Å². The highest BCUT2D eigenvalue weighted by Gasteiger charge is 2.18. The van der Waals surface area contributed by atoms with E-state index >= 15 is 0 Å². The van der Waals surface area contributed by atoms with E-state index in [1.54, 1.807) is 31.2 Å². The van der Waals surface area contributed by atoms with Crippen LogP contribution < -0.4 is 14.8 Å². The molecule has 3 aromatic carbocycles. The van der Waals surface area contributed by atoms with Crippen molar-refractivity contribution < 1.29 is 17.9 Å². The Kier molecular flexibility index (Phi) is 6.87. The molecule has 0 heterocycles. The molecule has 1 atom stereocenters. The molecule has 3 rings (SSSR count). The van der Waals surface area contributed by atoms with E-state index in [9.17, 15) is 13.2 Å². The lowest BCUT2D eigenvalue weighted by Crippen LogP contribution is -2.30. The lowest BCUT2D eigenvalue weighted by molar-refractivity contribution is -0.122. The molecule has 2 N–H and O–H groups in total. The number of benzene rings is 3. The number of nitrogens with one attached hydrogen (secondary N) is 2. The first-order chi connectivity index (χ1) is 14.7. The Morgan fingerprint density at radius 3 is 2.19 bits per heavy atom. The van der Waals surface area contributed by atoms with E-state index in [1.165, 1.54) is 24.3 Å². The minimum Gasteiger partial charge on any atom is -0.481 e. The number of sulfonamides is 1. The topological polar surface area (TPSA) is 84.5 Å². The van der Waals surface area contributed by atoms with Gasteiger partial charge in [0.2, 0.25) is 0 Å². The maximum atomic E-state index is 12.7. The number of para-hydroxylation sites is 1. The summed E-state index contributed by atoms with van der Waals surface area (Å²) in [6.45, 7) is 5.30. The lowest BCUT2D eigenvalue weighted by Gasteiger charge is -2.15. The van der Waals surface area contributed by atoms with Crippen LogP contribution in [0.15, 0.2) is 71.6 Å². The van der Waals surface area contributed by atoms with Crippen molar-refractivity contribution in [1.29, 1.82) is 0 Å². The molecule has 31 heavy (non-hydrogen) atoms. The largest absolute Gasteiger partial charge is 0.481 e. The zero-order valence-electron chi connectivity index (χ0n) is 17.3. The lowest BCUT2D eigenvalue weighted by atomic mass is 10.1. The highest BCUT2D eigenvalue weighted by molar-refractivity contribution is 7.92. The smallest absolute Gasteiger partial charge is 0.265 e. The SMILES string of the molecule is Cc1cccc(C)c1NS(=O)(=O)c1ccc(NC(=O)[C@@H](C)Oc2cccc(Cl)c2)cc1. The van der Waals surface area contributed by atoms with Crippen LogP contribution in [0.25, 0.3) is 0 Å². The number of carbonyl (C=O) groups excluding carboxylic acids is 1. The van der Waals surface area contributed by atoms with Gasteiger partial charge in [0.1, 0.15) is 5.75 Å². The number of halogens is 1. The van der Waals surface area contributed by atoms with Crippen LogP contribution in [0.4, 0.5) is 11.4 Å². The van der Waals surface area contributed by atoms with Gasteiger partial charge in [0.05, 0.1) is 10.6 Å². The van der Waals surface area contributed by atoms with E-state index < -0.39 is 16.1 Å². The Hall–Kier alpha value is -3.03. The summed E-state index contributed by atoms with van der Waals surface area (Å²) in [7, 11) is -3.76. The summed E-state index contributed by atoms with van der Waals surface area (Å²) < 4.78 is 33.7. The first-order valence-electron chi connectivity index (χ1n) is 9.58. The number of aryl methyl sites for hydroxylation is 2. The van der Waals surface area contributed by atoms with Crippen molar-refractivity contribution in [2.24, 2.45) is 0 Å². The Balaban J connectivity index is 1.67. The van der Waals surface area contributed by atoms with Gasteiger partial charge in [-0.15, -0.1) is 0 Å². The van der Waals surface area contributed by atoms with E-state index in [4.69, 9.17) is 16.3 Å². The quantitative estimate of drug-likeness (QED) is 0.512. The Morgan fingerprint density at radius 2 is 1.58 bits per heavy atom. The molecule has 0 radical (unpaired) electrons. The van der Waals surface area contributed by atoms with Crippen molar-refractivity contribution in [2.45, 2.75) is 31.8 Å². The third kappa shape index (κ3) is 5.77. The molecule has 0 saturated heterocycles. The average Bonchev–Trinajstić information content (AvgIpc) is 2.71. The Labute approximate surface area is 187 Å². The standard InChI is InChI=1S/C23H23ClN2O4S/c1-15-6-4-7-16(2)22(15)26-31(28,29)21-12-10-19(11-13-21)25-23(27)17(3)30-20-9-5-8-18(24)14-20/h4-14,17,26H,1-3H3,(H,25,27)/t17-/m1/s1. The van der Waals surface area contributed by atoms with Crippen molar-refractivity contribution in [3.05, 3.63) is 82.9 Å².